The standard InChI is InChI=1S/C21H42N2/c1-9-11-22-13-17-15-23(12-10-2)16-18(14-22)21(17,19(3,4)5)20(6,7)8/h17-18H,9-16H2,1-8H3. The minimum atomic E-state index is 0.358. The van der Waals surface area contributed by atoms with Crippen molar-refractivity contribution in [2.75, 3.05) is 39.3 Å². The fraction of sp³-hybridized carbons (Fsp3) is 1.00. The van der Waals surface area contributed by atoms with Crippen LogP contribution < -0.4 is 0 Å². The Morgan fingerprint density at radius 3 is 1.22 bits per heavy atom. The summed E-state index contributed by atoms with van der Waals surface area (Å²) in [7, 11) is 0. The van der Waals surface area contributed by atoms with E-state index >= 15 is 0 Å². The van der Waals surface area contributed by atoms with Crippen molar-refractivity contribution in [3.63, 3.8) is 0 Å². The Morgan fingerprint density at radius 2 is 1.00 bits per heavy atom. The molecule has 2 rings (SSSR count). The largest absolute Gasteiger partial charge is 0.303 e. The summed E-state index contributed by atoms with van der Waals surface area (Å²) in [6.07, 6.45) is 2.58. The Kier molecular flexibility index (Phi) is 5.58. The first-order valence-corrected chi connectivity index (χ1v) is 10.0. The summed E-state index contributed by atoms with van der Waals surface area (Å²) >= 11 is 0. The van der Waals surface area contributed by atoms with E-state index in [0.717, 1.165) is 11.8 Å². The van der Waals surface area contributed by atoms with Crippen LogP contribution in [-0.4, -0.2) is 49.1 Å². The van der Waals surface area contributed by atoms with Gasteiger partial charge < -0.3 is 9.80 Å². The molecule has 136 valence electrons. The summed E-state index contributed by atoms with van der Waals surface area (Å²) in [5.74, 6) is 1.60. The summed E-state index contributed by atoms with van der Waals surface area (Å²) in [5.41, 5.74) is 1.16. The van der Waals surface area contributed by atoms with Crippen molar-refractivity contribution in [2.45, 2.75) is 68.2 Å². The topological polar surface area (TPSA) is 6.48 Å². The van der Waals surface area contributed by atoms with E-state index in [9.17, 15) is 0 Å². The van der Waals surface area contributed by atoms with Gasteiger partial charge in [-0.05, 0) is 54.0 Å². The van der Waals surface area contributed by atoms with Crippen LogP contribution in [0.4, 0.5) is 0 Å². The van der Waals surface area contributed by atoms with Gasteiger partial charge in [0.1, 0.15) is 0 Å². The Labute approximate surface area is 146 Å². The normalized spacial score (nSPS) is 29.7. The highest BCUT2D eigenvalue weighted by atomic mass is 15.2. The highest BCUT2D eigenvalue weighted by Gasteiger charge is 2.63. The Morgan fingerprint density at radius 1 is 0.696 bits per heavy atom. The van der Waals surface area contributed by atoms with Crippen molar-refractivity contribution in [1.82, 2.24) is 9.80 Å². The first kappa shape index (κ1) is 19.2. The minimum absolute atomic E-state index is 0.358. The molecule has 23 heavy (non-hydrogen) atoms. The van der Waals surface area contributed by atoms with Gasteiger partial charge in [0, 0.05) is 26.2 Å². The second-order valence-corrected chi connectivity index (χ2v) is 10.3. The van der Waals surface area contributed by atoms with Crippen LogP contribution in [0, 0.1) is 28.1 Å². The molecule has 2 aliphatic rings. The van der Waals surface area contributed by atoms with Crippen molar-refractivity contribution in [2.24, 2.45) is 28.1 Å². The molecule has 2 bridgehead atoms. The van der Waals surface area contributed by atoms with Crippen molar-refractivity contribution in [3.8, 4) is 0 Å². The fourth-order valence-corrected chi connectivity index (χ4v) is 6.99. The van der Waals surface area contributed by atoms with Crippen LogP contribution >= 0.6 is 0 Å². The molecule has 0 aliphatic carbocycles. The van der Waals surface area contributed by atoms with Crippen LogP contribution in [0.15, 0.2) is 0 Å². The van der Waals surface area contributed by atoms with E-state index in [1.54, 1.807) is 0 Å². The first-order valence-electron chi connectivity index (χ1n) is 10.0. The molecule has 2 heteroatoms. The van der Waals surface area contributed by atoms with E-state index in [2.05, 4.69) is 65.2 Å². The van der Waals surface area contributed by atoms with Gasteiger partial charge >= 0.3 is 0 Å². The lowest BCUT2D eigenvalue weighted by molar-refractivity contribution is -0.206. The van der Waals surface area contributed by atoms with Gasteiger partial charge in [-0.2, -0.15) is 0 Å². The fourth-order valence-electron chi connectivity index (χ4n) is 6.99. The maximum Gasteiger partial charge on any atom is 0.00279 e. The number of fused-ring (bicyclic) bond motifs is 2. The van der Waals surface area contributed by atoms with E-state index in [-0.39, 0.29) is 0 Å². The third-order valence-electron chi connectivity index (χ3n) is 6.76. The minimum Gasteiger partial charge on any atom is -0.303 e. The smallest absolute Gasteiger partial charge is 0.00279 e. The van der Waals surface area contributed by atoms with Crippen molar-refractivity contribution >= 4 is 0 Å². The Balaban J connectivity index is 2.43. The highest BCUT2D eigenvalue weighted by Crippen LogP contribution is 2.64. The molecule has 0 amide bonds. The average molecular weight is 323 g/mol. The maximum absolute atomic E-state index is 2.77. The average Bonchev–Trinajstić information content (AvgIpc) is 2.34. The molecule has 0 unspecified atom stereocenters. The second kappa shape index (κ2) is 6.67. The predicted octanol–water partition coefficient (Wildman–Crippen LogP) is 4.75. The summed E-state index contributed by atoms with van der Waals surface area (Å²) < 4.78 is 0. The molecule has 2 aliphatic heterocycles. The summed E-state index contributed by atoms with van der Waals surface area (Å²) in [4.78, 5) is 5.54. The van der Waals surface area contributed by atoms with Crippen molar-refractivity contribution in [1.29, 1.82) is 0 Å². The first-order chi connectivity index (χ1) is 10.6. The molecule has 0 atom stereocenters. The summed E-state index contributed by atoms with van der Waals surface area (Å²) in [5, 5.41) is 0. The zero-order valence-corrected chi connectivity index (χ0v) is 17.2. The maximum atomic E-state index is 2.77. The molecular weight excluding hydrogens is 280 g/mol. The van der Waals surface area contributed by atoms with Crippen LogP contribution in [0.2, 0.25) is 0 Å². The zero-order valence-electron chi connectivity index (χ0n) is 17.2. The van der Waals surface area contributed by atoms with Crippen LogP contribution in [0.5, 0.6) is 0 Å². The molecule has 2 saturated heterocycles. The zero-order chi connectivity index (χ0) is 17.5. The van der Waals surface area contributed by atoms with Gasteiger partial charge in [0.15, 0.2) is 0 Å². The third kappa shape index (κ3) is 3.23. The van der Waals surface area contributed by atoms with Crippen LogP contribution in [0.1, 0.15) is 68.2 Å². The molecular formula is C21H42N2. The molecule has 0 aromatic carbocycles. The number of hydrogen-bond acceptors (Lipinski definition) is 2. The van der Waals surface area contributed by atoms with Gasteiger partial charge in [0.25, 0.3) is 0 Å². The van der Waals surface area contributed by atoms with E-state index in [4.69, 9.17) is 0 Å². The van der Waals surface area contributed by atoms with Crippen LogP contribution in [0.3, 0.4) is 0 Å². The van der Waals surface area contributed by atoms with E-state index in [1.165, 1.54) is 52.1 Å². The molecule has 0 spiro atoms. The van der Waals surface area contributed by atoms with Gasteiger partial charge in [0.05, 0.1) is 0 Å². The quantitative estimate of drug-likeness (QED) is 0.737. The lowest BCUT2D eigenvalue weighted by Crippen LogP contribution is -2.71. The number of piperidine rings is 2. The lowest BCUT2D eigenvalue weighted by atomic mass is 9.42. The van der Waals surface area contributed by atoms with Gasteiger partial charge in [-0.15, -0.1) is 0 Å². The molecule has 2 fully saturated rings. The molecule has 2 nitrogen and oxygen atoms in total. The number of likely N-dealkylation sites (tertiary alicyclic amines) is 2. The second-order valence-electron chi connectivity index (χ2n) is 10.3. The number of hydrogen-bond donors (Lipinski definition) is 0. The van der Waals surface area contributed by atoms with E-state index in [0.29, 0.717) is 16.2 Å². The molecule has 0 N–H and O–H groups in total. The Hall–Kier alpha value is -0.0800. The van der Waals surface area contributed by atoms with Crippen molar-refractivity contribution < 1.29 is 0 Å². The van der Waals surface area contributed by atoms with Gasteiger partial charge in [0.2, 0.25) is 0 Å². The number of nitrogens with zero attached hydrogens (tertiary/aromatic N) is 2. The van der Waals surface area contributed by atoms with E-state index < -0.39 is 0 Å². The summed E-state index contributed by atoms with van der Waals surface area (Å²) in [6.45, 7) is 27.5. The number of rotatable bonds is 4. The highest BCUT2D eigenvalue weighted by molar-refractivity contribution is 5.13. The lowest BCUT2D eigenvalue weighted by Gasteiger charge is -2.69. The molecule has 0 aromatic heterocycles. The predicted molar refractivity (Wildman–Crippen MR) is 102 cm³/mol. The van der Waals surface area contributed by atoms with Gasteiger partial charge in [-0.1, -0.05) is 55.4 Å². The Bertz CT molecular complexity index is 338. The molecule has 0 saturated carbocycles. The van der Waals surface area contributed by atoms with Crippen LogP contribution in [-0.2, 0) is 0 Å². The molecule has 0 aromatic rings. The third-order valence-corrected chi connectivity index (χ3v) is 6.76. The van der Waals surface area contributed by atoms with Crippen LogP contribution in [0.25, 0.3) is 0 Å². The van der Waals surface area contributed by atoms with E-state index in [1.807, 2.05) is 0 Å². The summed E-state index contributed by atoms with van der Waals surface area (Å²) in [6, 6.07) is 0. The molecule has 2 heterocycles. The van der Waals surface area contributed by atoms with Gasteiger partial charge in [-0.3, -0.25) is 0 Å². The van der Waals surface area contributed by atoms with Crippen molar-refractivity contribution in [3.05, 3.63) is 0 Å². The van der Waals surface area contributed by atoms with Gasteiger partial charge in [-0.25, -0.2) is 0 Å². The monoisotopic (exact) mass is 322 g/mol. The molecule has 0 radical (unpaired) electrons. The SMILES string of the molecule is CCCN1CC2CN(CCC)CC(C1)C2(C(C)(C)C)C(C)(C)C.